The van der Waals surface area contributed by atoms with E-state index in [4.69, 9.17) is 17.3 Å². The van der Waals surface area contributed by atoms with Crippen LogP contribution in [0.2, 0.25) is 5.02 Å². The summed E-state index contributed by atoms with van der Waals surface area (Å²) < 4.78 is 27.3. The number of nitrogens with zero attached hydrogens (tertiary/aromatic N) is 1. The maximum Gasteiger partial charge on any atom is 0.243 e. The monoisotopic (exact) mass is 380 g/mol. The molecule has 0 bridgehead atoms. The zero-order valence-electron chi connectivity index (χ0n) is 11.1. The fourth-order valence-electron chi connectivity index (χ4n) is 2.46. The smallest absolute Gasteiger partial charge is 0.243 e. The molecule has 1 fully saturated rings. The quantitative estimate of drug-likeness (QED) is 0.872. The Morgan fingerprint density at radius 1 is 1.35 bits per heavy atom. The van der Waals surface area contributed by atoms with Crippen LogP contribution in [0.15, 0.2) is 27.6 Å². The summed E-state index contributed by atoms with van der Waals surface area (Å²) in [6.45, 7) is 1.79. The third kappa shape index (κ3) is 3.54. The van der Waals surface area contributed by atoms with Crippen LogP contribution < -0.4 is 5.73 Å². The third-order valence-corrected chi connectivity index (χ3v) is 6.79. The van der Waals surface area contributed by atoms with Gasteiger partial charge >= 0.3 is 0 Å². The molecule has 7 heteroatoms. The molecule has 0 radical (unpaired) electrons. The van der Waals surface area contributed by atoms with Gasteiger partial charge in [-0.05, 0) is 65.9 Å². The van der Waals surface area contributed by atoms with E-state index in [1.165, 1.54) is 0 Å². The largest absolute Gasteiger partial charge is 0.330 e. The Morgan fingerprint density at radius 2 is 2.00 bits per heavy atom. The number of nitrogens with two attached hydrogens (primary N) is 1. The third-order valence-electron chi connectivity index (χ3n) is 3.68. The second-order valence-corrected chi connectivity index (χ2v) is 8.20. The lowest BCUT2D eigenvalue weighted by Crippen LogP contribution is -2.38. The van der Waals surface area contributed by atoms with Gasteiger partial charge in [-0.15, -0.1) is 0 Å². The molecule has 0 amide bonds. The fraction of sp³-hybridized carbons (Fsp3) is 0.538. The summed E-state index contributed by atoms with van der Waals surface area (Å²) in [4.78, 5) is 0.283. The van der Waals surface area contributed by atoms with Crippen LogP contribution in [0.5, 0.6) is 0 Å². The molecule has 2 N–H and O–H groups in total. The number of sulfonamides is 1. The van der Waals surface area contributed by atoms with Gasteiger partial charge in [0.1, 0.15) is 0 Å². The fourth-order valence-corrected chi connectivity index (χ4v) is 4.60. The Hall–Kier alpha value is -0.140. The summed E-state index contributed by atoms with van der Waals surface area (Å²) in [5.41, 5.74) is 5.55. The predicted molar refractivity (Wildman–Crippen MR) is 84.3 cm³/mol. The molecule has 1 aliphatic heterocycles. The first kappa shape index (κ1) is 16.2. The van der Waals surface area contributed by atoms with Crippen molar-refractivity contribution in [1.82, 2.24) is 4.31 Å². The summed E-state index contributed by atoms with van der Waals surface area (Å²) in [6, 6.07) is 4.71. The second-order valence-electron chi connectivity index (χ2n) is 5.00. The number of halogens is 2. The van der Waals surface area contributed by atoms with Crippen molar-refractivity contribution < 1.29 is 8.42 Å². The Labute approximate surface area is 133 Å². The van der Waals surface area contributed by atoms with Gasteiger partial charge in [0.2, 0.25) is 10.0 Å². The predicted octanol–water partition coefficient (Wildman–Crippen LogP) is 2.85. The molecule has 4 nitrogen and oxygen atoms in total. The number of hydrogen-bond donors (Lipinski definition) is 1. The molecular weight excluding hydrogens is 364 g/mol. The van der Waals surface area contributed by atoms with Crippen LogP contribution in [0.25, 0.3) is 0 Å². The van der Waals surface area contributed by atoms with Crippen LogP contribution in [-0.4, -0.2) is 32.4 Å². The molecule has 0 aliphatic carbocycles. The van der Waals surface area contributed by atoms with E-state index in [0.29, 0.717) is 35.0 Å². The molecular formula is C13H18BrClN2O2S. The first-order valence-electron chi connectivity index (χ1n) is 6.60. The lowest BCUT2D eigenvalue weighted by atomic mass is 9.95. The highest BCUT2D eigenvalue weighted by atomic mass is 79.9. The lowest BCUT2D eigenvalue weighted by Gasteiger charge is -2.31. The summed E-state index contributed by atoms with van der Waals surface area (Å²) in [5, 5.41) is 0.505. The summed E-state index contributed by atoms with van der Waals surface area (Å²) in [6.07, 6.45) is 2.73. The van der Waals surface area contributed by atoms with Gasteiger partial charge in [-0.25, -0.2) is 8.42 Å². The molecule has 1 heterocycles. The average Bonchev–Trinajstić information content (AvgIpc) is 2.43. The SMILES string of the molecule is NCCC1CCN(S(=O)(=O)c2ccc(Cl)c(Br)c2)CC1. The highest BCUT2D eigenvalue weighted by molar-refractivity contribution is 9.10. The minimum atomic E-state index is -3.43. The van der Waals surface area contributed by atoms with E-state index in [2.05, 4.69) is 15.9 Å². The van der Waals surface area contributed by atoms with E-state index in [9.17, 15) is 8.42 Å². The van der Waals surface area contributed by atoms with E-state index < -0.39 is 10.0 Å². The number of benzene rings is 1. The summed E-state index contributed by atoms with van der Waals surface area (Å²) in [7, 11) is -3.43. The molecule has 0 saturated carbocycles. The average molecular weight is 382 g/mol. The number of hydrogen-bond acceptors (Lipinski definition) is 3. The zero-order chi connectivity index (χ0) is 14.8. The maximum absolute atomic E-state index is 12.6. The number of piperidine rings is 1. The molecule has 0 spiro atoms. The number of rotatable bonds is 4. The minimum absolute atomic E-state index is 0.283. The first-order valence-corrected chi connectivity index (χ1v) is 9.21. The normalized spacial score (nSPS) is 18.4. The van der Waals surface area contributed by atoms with Gasteiger partial charge in [0.05, 0.1) is 9.92 Å². The molecule has 2 rings (SSSR count). The Morgan fingerprint density at radius 3 is 2.55 bits per heavy atom. The van der Waals surface area contributed by atoms with Crippen LogP contribution in [-0.2, 0) is 10.0 Å². The van der Waals surface area contributed by atoms with E-state index in [1.807, 2.05) is 0 Å². The Balaban J connectivity index is 2.13. The molecule has 0 unspecified atom stereocenters. The van der Waals surface area contributed by atoms with Crippen molar-refractivity contribution in [3.05, 3.63) is 27.7 Å². The van der Waals surface area contributed by atoms with Crippen molar-refractivity contribution in [2.45, 2.75) is 24.2 Å². The zero-order valence-corrected chi connectivity index (χ0v) is 14.2. The van der Waals surface area contributed by atoms with Crippen molar-refractivity contribution in [2.75, 3.05) is 19.6 Å². The molecule has 1 saturated heterocycles. The van der Waals surface area contributed by atoms with Gasteiger partial charge in [0.25, 0.3) is 0 Å². The van der Waals surface area contributed by atoms with Crippen LogP contribution in [0.3, 0.4) is 0 Å². The van der Waals surface area contributed by atoms with E-state index in [-0.39, 0.29) is 4.90 Å². The minimum Gasteiger partial charge on any atom is -0.330 e. The van der Waals surface area contributed by atoms with Gasteiger partial charge < -0.3 is 5.73 Å². The van der Waals surface area contributed by atoms with Gasteiger partial charge in [0.15, 0.2) is 0 Å². The molecule has 1 aromatic carbocycles. The van der Waals surface area contributed by atoms with E-state index in [1.54, 1.807) is 22.5 Å². The summed E-state index contributed by atoms with van der Waals surface area (Å²) >= 11 is 9.17. The van der Waals surface area contributed by atoms with Gasteiger partial charge in [-0.2, -0.15) is 4.31 Å². The second kappa shape index (κ2) is 6.75. The lowest BCUT2D eigenvalue weighted by molar-refractivity contribution is 0.266. The van der Waals surface area contributed by atoms with Gasteiger partial charge in [-0.3, -0.25) is 0 Å². The molecule has 1 aromatic rings. The van der Waals surface area contributed by atoms with E-state index in [0.717, 1.165) is 19.3 Å². The van der Waals surface area contributed by atoms with Crippen LogP contribution >= 0.6 is 27.5 Å². The Kier molecular flexibility index (Phi) is 5.48. The van der Waals surface area contributed by atoms with Crippen molar-refractivity contribution >= 4 is 37.6 Å². The Bertz CT molecular complexity index is 572. The summed E-state index contributed by atoms with van der Waals surface area (Å²) in [5.74, 6) is 0.545. The van der Waals surface area contributed by atoms with Gasteiger partial charge in [0, 0.05) is 17.6 Å². The molecule has 0 atom stereocenters. The highest BCUT2D eigenvalue weighted by Gasteiger charge is 2.29. The van der Waals surface area contributed by atoms with E-state index >= 15 is 0 Å². The molecule has 0 aromatic heterocycles. The van der Waals surface area contributed by atoms with Gasteiger partial charge in [-0.1, -0.05) is 11.6 Å². The molecule has 20 heavy (non-hydrogen) atoms. The highest BCUT2D eigenvalue weighted by Crippen LogP contribution is 2.29. The standard InChI is InChI=1S/C13H18BrClN2O2S/c14-12-9-11(1-2-13(12)15)20(18,19)17-7-4-10(3-6-16)5-8-17/h1-2,9-10H,3-8,16H2. The topological polar surface area (TPSA) is 63.4 Å². The van der Waals surface area contributed by atoms with Crippen molar-refractivity contribution in [1.29, 1.82) is 0 Å². The van der Waals surface area contributed by atoms with Crippen LogP contribution in [0, 0.1) is 5.92 Å². The van der Waals surface area contributed by atoms with Crippen molar-refractivity contribution in [3.63, 3.8) is 0 Å². The van der Waals surface area contributed by atoms with Crippen LogP contribution in [0.1, 0.15) is 19.3 Å². The molecule has 1 aliphatic rings. The van der Waals surface area contributed by atoms with Crippen molar-refractivity contribution in [3.8, 4) is 0 Å². The maximum atomic E-state index is 12.6. The molecule has 112 valence electrons. The first-order chi connectivity index (χ1) is 9.45. The van der Waals surface area contributed by atoms with Crippen molar-refractivity contribution in [2.24, 2.45) is 11.7 Å². The van der Waals surface area contributed by atoms with Crippen LogP contribution in [0.4, 0.5) is 0 Å².